The van der Waals surface area contributed by atoms with Crippen LogP contribution < -0.4 is 11.1 Å². The Bertz CT molecular complexity index is 1480. The third kappa shape index (κ3) is 3.44. The molecule has 0 bridgehead atoms. The summed E-state index contributed by atoms with van der Waals surface area (Å²) in [5, 5.41) is 27.4. The maximum absolute atomic E-state index is 14.2. The lowest BCUT2D eigenvalue weighted by molar-refractivity contribution is -0.165. The molecule has 7 atom stereocenters. The number of aromatic amines is 2. The minimum absolute atomic E-state index is 0.0305. The number of rotatable bonds is 2. The number of aromatic hydroxyl groups is 1. The van der Waals surface area contributed by atoms with Crippen molar-refractivity contribution in [2.24, 2.45) is 44.8 Å². The highest BCUT2D eigenvalue weighted by molar-refractivity contribution is 5.95. The minimum atomic E-state index is -0.452. The first-order valence-corrected chi connectivity index (χ1v) is 16.2. The number of fused-ring (bicyclic) bond motifs is 8. The number of carbonyl (C=O) groups is 1. The predicted molar refractivity (Wildman–Crippen MR) is 165 cm³/mol. The van der Waals surface area contributed by atoms with Crippen molar-refractivity contribution >= 4 is 17.5 Å². The van der Waals surface area contributed by atoms with E-state index < -0.39 is 5.41 Å². The molecule has 3 saturated carbocycles. The number of H-pyrrole nitrogens is 2. The summed E-state index contributed by atoms with van der Waals surface area (Å²) in [7, 11) is 0. The zero-order valence-corrected chi connectivity index (χ0v) is 26.6. The number of allylic oxidation sites excluding steroid dienone is 2. The maximum atomic E-state index is 14.2. The Morgan fingerprint density at radius 3 is 2.45 bits per heavy atom. The first kappa shape index (κ1) is 28.0. The second kappa shape index (κ2) is 8.44. The molecule has 1 amide bonds. The fourth-order valence-electron chi connectivity index (χ4n) is 11.7. The molecule has 0 aromatic carbocycles. The molecule has 0 spiro atoms. The molecule has 5 aliphatic carbocycles. The van der Waals surface area contributed by atoms with Gasteiger partial charge in [0.1, 0.15) is 5.82 Å². The summed E-state index contributed by atoms with van der Waals surface area (Å²) in [5.74, 6) is 2.46. The Morgan fingerprint density at radius 1 is 1.00 bits per heavy atom. The molecule has 7 rings (SSSR count). The average molecular weight is 575 g/mol. The Hall–Kier alpha value is -2.77. The first-order chi connectivity index (χ1) is 19.6. The van der Waals surface area contributed by atoms with E-state index in [-0.39, 0.29) is 44.8 Å². The number of anilines is 2. The monoisotopic (exact) mass is 574 g/mol. The highest BCUT2D eigenvalue weighted by Gasteiger charge is 2.69. The second-order valence-corrected chi connectivity index (χ2v) is 16.8. The third-order valence-corrected chi connectivity index (χ3v) is 14.1. The molecule has 0 saturated heterocycles. The molecule has 2 heterocycles. The van der Waals surface area contributed by atoms with Crippen LogP contribution >= 0.6 is 0 Å². The zero-order valence-electron chi connectivity index (χ0n) is 26.6. The quantitative estimate of drug-likeness (QED) is 0.250. The summed E-state index contributed by atoms with van der Waals surface area (Å²) in [5.41, 5.74) is 10.4. The summed E-state index contributed by atoms with van der Waals surface area (Å²) in [6, 6.07) is 1.50. The lowest BCUT2D eigenvalue weighted by Gasteiger charge is -2.70. The molecule has 5 aliphatic rings. The number of aromatic nitrogens is 4. The van der Waals surface area contributed by atoms with E-state index in [2.05, 4.69) is 75.2 Å². The van der Waals surface area contributed by atoms with E-state index >= 15 is 0 Å². The summed E-state index contributed by atoms with van der Waals surface area (Å²) >= 11 is 0. The zero-order chi connectivity index (χ0) is 30.1. The van der Waals surface area contributed by atoms with Crippen LogP contribution in [0.1, 0.15) is 111 Å². The lowest BCUT2D eigenvalue weighted by atomic mass is 9.33. The van der Waals surface area contributed by atoms with Crippen molar-refractivity contribution in [3.8, 4) is 5.88 Å². The van der Waals surface area contributed by atoms with E-state index in [0.717, 1.165) is 50.8 Å². The molecule has 0 radical (unpaired) electrons. The van der Waals surface area contributed by atoms with Crippen molar-refractivity contribution in [3.63, 3.8) is 0 Å². The van der Waals surface area contributed by atoms with Gasteiger partial charge in [-0.1, -0.05) is 60.1 Å². The van der Waals surface area contributed by atoms with Crippen LogP contribution in [0.4, 0.5) is 11.6 Å². The van der Waals surface area contributed by atoms with Gasteiger partial charge in [0.25, 0.3) is 0 Å². The standard InChI is InChI=1S/C34H50N6O2/c1-29(2)12-14-34(28(42)36-24-16-25(41)38-37-24)15-13-32(6)20(21(34)18-29)8-9-23-31(5)17-19-26(39-40-27(19)35)30(3,4)22(31)10-11-33(23,32)7/h8,16,21-23H,9-15,17-18H2,1-7H3,(H3,35,39,40)(H3,36,37,38,41,42)/t21?,22?,23?,31-,32+,33+,34-/m0/s1. The number of hydrogen-bond donors (Lipinski definition) is 5. The second-order valence-electron chi connectivity index (χ2n) is 16.8. The molecule has 6 N–H and O–H groups in total. The van der Waals surface area contributed by atoms with Crippen LogP contribution in [0.25, 0.3) is 0 Å². The number of nitrogens with zero attached hydrogens (tertiary/aromatic N) is 2. The Kier molecular flexibility index (Phi) is 5.63. The van der Waals surface area contributed by atoms with Gasteiger partial charge in [-0.05, 0) is 97.2 Å². The van der Waals surface area contributed by atoms with Crippen LogP contribution in [-0.2, 0) is 16.6 Å². The Morgan fingerprint density at radius 2 is 1.74 bits per heavy atom. The van der Waals surface area contributed by atoms with Gasteiger partial charge in [-0.2, -0.15) is 10.2 Å². The average Bonchev–Trinajstić information content (AvgIpc) is 3.48. The van der Waals surface area contributed by atoms with Gasteiger partial charge in [-0.15, -0.1) is 0 Å². The number of nitrogens with two attached hydrogens (primary N) is 1. The molecule has 3 unspecified atom stereocenters. The van der Waals surface area contributed by atoms with Gasteiger partial charge in [0, 0.05) is 17.0 Å². The van der Waals surface area contributed by atoms with Crippen molar-refractivity contribution in [1.29, 1.82) is 0 Å². The molecular weight excluding hydrogens is 524 g/mol. The van der Waals surface area contributed by atoms with Crippen molar-refractivity contribution in [3.05, 3.63) is 29.0 Å². The van der Waals surface area contributed by atoms with Gasteiger partial charge >= 0.3 is 0 Å². The van der Waals surface area contributed by atoms with Crippen LogP contribution in [0.3, 0.4) is 0 Å². The van der Waals surface area contributed by atoms with Gasteiger partial charge in [0.15, 0.2) is 5.82 Å². The van der Waals surface area contributed by atoms with Crippen molar-refractivity contribution < 1.29 is 9.90 Å². The van der Waals surface area contributed by atoms with E-state index in [1.807, 2.05) is 0 Å². The highest BCUT2D eigenvalue weighted by Crippen LogP contribution is 2.75. The summed E-state index contributed by atoms with van der Waals surface area (Å²) in [4.78, 5) is 14.2. The molecule has 2 aromatic heterocycles. The molecule has 3 fully saturated rings. The Balaban J connectivity index is 1.30. The van der Waals surface area contributed by atoms with E-state index in [1.54, 1.807) is 5.57 Å². The third-order valence-electron chi connectivity index (χ3n) is 14.1. The van der Waals surface area contributed by atoms with Crippen LogP contribution in [0.2, 0.25) is 0 Å². The first-order valence-electron chi connectivity index (χ1n) is 16.2. The molecule has 0 aliphatic heterocycles. The maximum Gasteiger partial charge on any atom is 0.232 e. The normalized spacial score (nSPS) is 41.3. The number of amides is 1. The fourth-order valence-corrected chi connectivity index (χ4v) is 11.7. The van der Waals surface area contributed by atoms with E-state index in [0.29, 0.717) is 17.7 Å². The summed E-state index contributed by atoms with van der Waals surface area (Å²) in [6.07, 6.45) is 11.9. The number of nitrogens with one attached hydrogen (secondary N) is 3. The SMILES string of the molecule is CC1(C)CC[C@]2(C(=O)Nc3cc(O)[nH]n3)CC[C@]3(C)C(=CCC4[C@@]5(C)Cc6c(n[nH]c6N)C(C)(C)C5CC[C@]43C)C2C1. The fraction of sp³-hybridized carbons (Fsp3) is 0.735. The van der Waals surface area contributed by atoms with Crippen LogP contribution in [0.5, 0.6) is 5.88 Å². The molecule has 2 aromatic rings. The van der Waals surface area contributed by atoms with Crippen LogP contribution in [0.15, 0.2) is 17.7 Å². The predicted octanol–water partition coefficient (Wildman–Crippen LogP) is 6.87. The minimum Gasteiger partial charge on any atom is -0.494 e. The number of nitrogen functional groups attached to an aromatic ring is 1. The molecule has 8 heteroatoms. The topological polar surface area (TPSA) is 133 Å². The molecule has 42 heavy (non-hydrogen) atoms. The van der Waals surface area contributed by atoms with Crippen LogP contribution in [-0.4, -0.2) is 31.4 Å². The summed E-state index contributed by atoms with van der Waals surface area (Å²) < 4.78 is 0. The van der Waals surface area contributed by atoms with Crippen molar-refractivity contribution in [2.75, 3.05) is 11.1 Å². The number of carbonyl (C=O) groups excluding carboxylic acids is 1. The van der Waals surface area contributed by atoms with E-state index in [1.165, 1.54) is 30.2 Å². The highest BCUT2D eigenvalue weighted by atomic mass is 16.3. The molecule has 8 nitrogen and oxygen atoms in total. The van der Waals surface area contributed by atoms with Crippen LogP contribution in [0, 0.1) is 44.8 Å². The largest absolute Gasteiger partial charge is 0.494 e. The van der Waals surface area contributed by atoms with E-state index in [9.17, 15) is 9.90 Å². The van der Waals surface area contributed by atoms with Crippen molar-refractivity contribution in [1.82, 2.24) is 20.4 Å². The van der Waals surface area contributed by atoms with Crippen molar-refractivity contribution in [2.45, 2.75) is 112 Å². The molecular formula is C34H50N6O2. The van der Waals surface area contributed by atoms with E-state index in [4.69, 9.17) is 10.8 Å². The smallest absolute Gasteiger partial charge is 0.232 e. The van der Waals surface area contributed by atoms with Gasteiger partial charge in [-0.25, -0.2) is 5.10 Å². The van der Waals surface area contributed by atoms with Gasteiger partial charge in [-0.3, -0.25) is 9.89 Å². The Labute approximate surface area is 250 Å². The molecule has 228 valence electrons. The van der Waals surface area contributed by atoms with Gasteiger partial charge in [0.2, 0.25) is 11.8 Å². The van der Waals surface area contributed by atoms with Gasteiger partial charge in [0.05, 0.1) is 11.1 Å². The van der Waals surface area contributed by atoms with Gasteiger partial charge < -0.3 is 16.2 Å². The lowest BCUT2D eigenvalue weighted by Crippen LogP contribution is -2.65. The number of hydrogen-bond acceptors (Lipinski definition) is 5. The summed E-state index contributed by atoms with van der Waals surface area (Å²) in [6.45, 7) is 17.2.